The Morgan fingerprint density at radius 2 is 1.33 bits per heavy atom. The highest BCUT2D eigenvalue weighted by Crippen LogP contribution is 2.48. The summed E-state index contributed by atoms with van der Waals surface area (Å²) in [5, 5.41) is 0. The van der Waals surface area contributed by atoms with Gasteiger partial charge in [-0.25, -0.2) is 0 Å². The van der Waals surface area contributed by atoms with Crippen molar-refractivity contribution in [2.75, 3.05) is 0 Å². The smallest absolute Gasteiger partial charge is 0.314 e. The molecule has 0 saturated heterocycles. The maximum atomic E-state index is 12.3. The molecule has 1 fully saturated rings. The third-order valence-corrected chi connectivity index (χ3v) is 4.50. The molecule has 0 bridgehead atoms. The van der Waals surface area contributed by atoms with Crippen molar-refractivity contribution in [2.45, 2.75) is 12.3 Å². The van der Waals surface area contributed by atoms with Crippen molar-refractivity contribution < 1.29 is 9.53 Å². The molecule has 2 heteroatoms. The molecule has 1 aliphatic rings. The molecule has 2 atom stereocenters. The third-order valence-electron chi connectivity index (χ3n) is 4.50. The molecule has 1 saturated carbocycles. The normalized spacial score (nSPS) is 18.8. The Kier molecular flexibility index (Phi) is 3.87. The Balaban J connectivity index is 1.40. The van der Waals surface area contributed by atoms with Gasteiger partial charge in [-0.3, -0.25) is 4.79 Å². The van der Waals surface area contributed by atoms with Crippen LogP contribution < -0.4 is 4.74 Å². The molecule has 0 aliphatic heterocycles. The molecule has 0 heterocycles. The standard InChI is InChI=1S/C22H18O2/c23-22(21-15-20(21)18-9-5-2-6-10-18)24-19-13-11-17(12-14-19)16-7-3-1-4-8-16/h1-14,20-21H,15H2. The SMILES string of the molecule is O=C(Oc1ccc(-c2ccccc2)cc1)C1CC1c1ccccc1. The van der Waals surface area contributed by atoms with E-state index in [2.05, 4.69) is 24.3 Å². The van der Waals surface area contributed by atoms with Gasteiger partial charge in [0.15, 0.2) is 0 Å². The number of carbonyl (C=O) groups excluding carboxylic acids is 1. The van der Waals surface area contributed by atoms with E-state index in [0.717, 1.165) is 17.5 Å². The Labute approximate surface area is 141 Å². The van der Waals surface area contributed by atoms with Crippen molar-refractivity contribution in [3.63, 3.8) is 0 Å². The summed E-state index contributed by atoms with van der Waals surface area (Å²) in [6.07, 6.45) is 0.880. The Morgan fingerprint density at radius 1 is 0.750 bits per heavy atom. The predicted molar refractivity (Wildman–Crippen MR) is 94.8 cm³/mol. The molecule has 24 heavy (non-hydrogen) atoms. The van der Waals surface area contributed by atoms with Crippen LogP contribution >= 0.6 is 0 Å². The quantitative estimate of drug-likeness (QED) is 0.497. The molecule has 0 spiro atoms. The fourth-order valence-corrected chi connectivity index (χ4v) is 3.06. The van der Waals surface area contributed by atoms with Crippen LogP contribution in [0.3, 0.4) is 0 Å². The van der Waals surface area contributed by atoms with Crippen LogP contribution in [0.2, 0.25) is 0 Å². The molecule has 2 unspecified atom stereocenters. The minimum Gasteiger partial charge on any atom is -0.426 e. The second kappa shape index (κ2) is 6.32. The molecule has 2 nitrogen and oxygen atoms in total. The van der Waals surface area contributed by atoms with Gasteiger partial charge in [0.05, 0.1) is 5.92 Å². The molecule has 1 aliphatic carbocycles. The number of hydrogen-bond donors (Lipinski definition) is 0. The predicted octanol–water partition coefficient (Wildman–Crippen LogP) is 5.06. The summed E-state index contributed by atoms with van der Waals surface area (Å²) in [5.74, 6) is 0.776. The molecular weight excluding hydrogens is 296 g/mol. The van der Waals surface area contributed by atoms with Crippen LogP contribution in [-0.4, -0.2) is 5.97 Å². The van der Waals surface area contributed by atoms with Gasteiger partial charge in [-0.1, -0.05) is 72.8 Å². The topological polar surface area (TPSA) is 26.3 Å². The average Bonchev–Trinajstić information content (AvgIpc) is 3.45. The summed E-state index contributed by atoms with van der Waals surface area (Å²) in [5.41, 5.74) is 3.49. The molecule has 3 aromatic rings. The average molecular weight is 314 g/mol. The molecule has 0 N–H and O–H groups in total. The molecule has 3 aromatic carbocycles. The van der Waals surface area contributed by atoms with Crippen LogP contribution in [-0.2, 0) is 4.79 Å². The van der Waals surface area contributed by atoms with E-state index >= 15 is 0 Å². The first-order valence-corrected chi connectivity index (χ1v) is 8.23. The summed E-state index contributed by atoms with van der Waals surface area (Å²) in [6.45, 7) is 0. The zero-order chi connectivity index (χ0) is 16.4. The van der Waals surface area contributed by atoms with Gasteiger partial charge in [0.25, 0.3) is 0 Å². The fraction of sp³-hybridized carbons (Fsp3) is 0.136. The van der Waals surface area contributed by atoms with Crippen molar-refractivity contribution >= 4 is 5.97 Å². The van der Waals surface area contributed by atoms with E-state index in [9.17, 15) is 4.79 Å². The van der Waals surface area contributed by atoms with Crippen LogP contribution in [0, 0.1) is 5.92 Å². The van der Waals surface area contributed by atoms with Gasteiger partial charge in [-0.15, -0.1) is 0 Å². The van der Waals surface area contributed by atoms with Gasteiger partial charge in [-0.05, 0) is 41.2 Å². The molecule has 0 amide bonds. The summed E-state index contributed by atoms with van der Waals surface area (Å²) < 4.78 is 5.54. The molecule has 0 aromatic heterocycles. The lowest BCUT2D eigenvalue weighted by Gasteiger charge is -2.06. The van der Waals surface area contributed by atoms with E-state index < -0.39 is 0 Å². The second-order valence-corrected chi connectivity index (χ2v) is 6.17. The first-order chi connectivity index (χ1) is 11.8. The Hall–Kier alpha value is -2.87. The molecule has 0 radical (unpaired) electrons. The maximum absolute atomic E-state index is 12.3. The number of ether oxygens (including phenoxy) is 1. The minimum absolute atomic E-state index is 0.0128. The van der Waals surface area contributed by atoms with Gasteiger partial charge < -0.3 is 4.74 Å². The number of rotatable bonds is 4. The summed E-state index contributed by atoms with van der Waals surface area (Å²) >= 11 is 0. The van der Waals surface area contributed by atoms with Crippen molar-refractivity contribution in [1.82, 2.24) is 0 Å². The van der Waals surface area contributed by atoms with Crippen molar-refractivity contribution in [2.24, 2.45) is 5.92 Å². The Bertz CT molecular complexity index is 823. The molecule has 118 valence electrons. The molecular formula is C22H18O2. The lowest BCUT2D eigenvalue weighted by Crippen LogP contribution is -2.11. The van der Waals surface area contributed by atoms with Crippen molar-refractivity contribution in [3.8, 4) is 16.9 Å². The lowest BCUT2D eigenvalue weighted by molar-refractivity contribution is -0.135. The van der Waals surface area contributed by atoms with E-state index in [1.165, 1.54) is 5.56 Å². The first kappa shape index (κ1) is 14.7. The zero-order valence-electron chi connectivity index (χ0n) is 13.3. The van der Waals surface area contributed by atoms with Gasteiger partial charge in [0, 0.05) is 0 Å². The van der Waals surface area contributed by atoms with Crippen molar-refractivity contribution in [1.29, 1.82) is 0 Å². The third kappa shape index (κ3) is 3.09. The highest BCUT2D eigenvalue weighted by molar-refractivity contribution is 5.79. The molecule has 4 rings (SSSR count). The van der Waals surface area contributed by atoms with Gasteiger partial charge in [0.1, 0.15) is 5.75 Å². The van der Waals surface area contributed by atoms with Crippen LogP contribution in [0.25, 0.3) is 11.1 Å². The zero-order valence-corrected chi connectivity index (χ0v) is 13.3. The van der Waals surface area contributed by atoms with E-state index in [0.29, 0.717) is 11.7 Å². The minimum atomic E-state index is -0.128. The van der Waals surface area contributed by atoms with Crippen LogP contribution in [0.15, 0.2) is 84.9 Å². The number of benzene rings is 3. The van der Waals surface area contributed by atoms with Crippen LogP contribution in [0.1, 0.15) is 17.9 Å². The number of esters is 1. The second-order valence-electron chi connectivity index (χ2n) is 6.17. The highest BCUT2D eigenvalue weighted by atomic mass is 16.5. The first-order valence-electron chi connectivity index (χ1n) is 8.23. The van der Waals surface area contributed by atoms with E-state index in [1.807, 2.05) is 60.7 Å². The van der Waals surface area contributed by atoms with Gasteiger partial charge in [0.2, 0.25) is 0 Å². The van der Waals surface area contributed by atoms with Gasteiger partial charge in [-0.2, -0.15) is 0 Å². The van der Waals surface area contributed by atoms with Crippen LogP contribution in [0.5, 0.6) is 5.75 Å². The Morgan fingerprint density at radius 3 is 2.00 bits per heavy atom. The summed E-state index contributed by atoms with van der Waals surface area (Å²) in [4.78, 5) is 12.3. The van der Waals surface area contributed by atoms with E-state index in [1.54, 1.807) is 0 Å². The monoisotopic (exact) mass is 314 g/mol. The van der Waals surface area contributed by atoms with Gasteiger partial charge >= 0.3 is 5.97 Å². The van der Waals surface area contributed by atoms with E-state index in [-0.39, 0.29) is 11.9 Å². The fourth-order valence-electron chi connectivity index (χ4n) is 3.06. The number of carbonyl (C=O) groups is 1. The maximum Gasteiger partial charge on any atom is 0.314 e. The van der Waals surface area contributed by atoms with Crippen LogP contribution in [0.4, 0.5) is 0 Å². The highest BCUT2D eigenvalue weighted by Gasteiger charge is 2.45. The lowest BCUT2D eigenvalue weighted by atomic mass is 10.1. The summed E-state index contributed by atoms with van der Waals surface area (Å²) in [7, 11) is 0. The largest absolute Gasteiger partial charge is 0.426 e. The number of hydrogen-bond acceptors (Lipinski definition) is 2. The van der Waals surface area contributed by atoms with E-state index in [4.69, 9.17) is 4.74 Å². The summed E-state index contributed by atoms with van der Waals surface area (Å²) in [6, 6.07) is 28.0. The van der Waals surface area contributed by atoms with Crippen molar-refractivity contribution in [3.05, 3.63) is 90.5 Å².